The Bertz CT molecular complexity index is 660. The van der Waals surface area contributed by atoms with Crippen LogP contribution >= 0.6 is 11.8 Å². The summed E-state index contributed by atoms with van der Waals surface area (Å²) in [5.74, 6) is 1.92. The second-order valence-electron chi connectivity index (χ2n) is 5.37. The van der Waals surface area contributed by atoms with Crippen molar-refractivity contribution in [1.82, 2.24) is 10.6 Å². The molecule has 136 valence electrons. The molecule has 0 fully saturated rings. The number of hydrogen-bond donors (Lipinski definition) is 2. The number of hydrogen-bond acceptors (Lipinski definition) is 5. The molecule has 0 unspecified atom stereocenters. The SMILES string of the molecule is CCOc1ccccc1[C@@H]1NC(=O)NC(C)=C1C(=O)OCCSCC. The van der Waals surface area contributed by atoms with E-state index in [2.05, 4.69) is 17.6 Å². The Morgan fingerprint density at radius 1 is 1.28 bits per heavy atom. The Hall–Kier alpha value is -2.15. The van der Waals surface area contributed by atoms with Gasteiger partial charge >= 0.3 is 12.0 Å². The van der Waals surface area contributed by atoms with E-state index in [9.17, 15) is 9.59 Å². The summed E-state index contributed by atoms with van der Waals surface area (Å²) in [6.07, 6.45) is 0. The summed E-state index contributed by atoms with van der Waals surface area (Å²) in [6, 6.07) is 6.41. The number of thioether (sulfide) groups is 1. The van der Waals surface area contributed by atoms with E-state index in [-0.39, 0.29) is 6.03 Å². The molecule has 1 aliphatic rings. The lowest BCUT2D eigenvalue weighted by atomic mass is 9.95. The summed E-state index contributed by atoms with van der Waals surface area (Å²) in [7, 11) is 0. The van der Waals surface area contributed by atoms with Gasteiger partial charge in [0.1, 0.15) is 12.4 Å². The van der Waals surface area contributed by atoms with Gasteiger partial charge in [0.25, 0.3) is 0 Å². The standard InChI is InChI=1S/C18H24N2O4S/c1-4-23-14-9-7-6-8-13(14)16-15(12(3)19-18(22)20-16)17(21)24-10-11-25-5-2/h6-9,16H,4-5,10-11H2,1-3H3,(H2,19,20,22)/t16-/m0/s1. The van der Waals surface area contributed by atoms with Crippen molar-refractivity contribution in [2.75, 3.05) is 24.7 Å². The van der Waals surface area contributed by atoms with Crippen LogP contribution in [-0.2, 0) is 9.53 Å². The first-order valence-electron chi connectivity index (χ1n) is 8.33. The largest absolute Gasteiger partial charge is 0.494 e. The van der Waals surface area contributed by atoms with Crippen LogP contribution in [0.2, 0.25) is 0 Å². The summed E-state index contributed by atoms with van der Waals surface area (Å²) in [6.45, 7) is 6.47. The molecular formula is C18H24N2O4S. The van der Waals surface area contributed by atoms with Gasteiger partial charge in [0.2, 0.25) is 0 Å². The normalized spacial score (nSPS) is 16.9. The topological polar surface area (TPSA) is 76.7 Å². The Morgan fingerprint density at radius 2 is 2.04 bits per heavy atom. The number of rotatable bonds is 8. The number of nitrogens with one attached hydrogen (secondary N) is 2. The van der Waals surface area contributed by atoms with Gasteiger partial charge in [0.15, 0.2) is 0 Å². The van der Waals surface area contributed by atoms with E-state index in [4.69, 9.17) is 9.47 Å². The van der Waals surface area contributed by atoms with Crippen LogP contribution in [0.1, 0.15) is 32.4 Å². The molecule has 6 nitrogen and oxygen atoms in total. The number of amides is 2. The molecule has 1 heterocycles. The zero-order valence-electron chi connectivity index (χ0n) is 14.8. The van der Waals surface area contributed by atoms with Crippen LogP contribution in [0, 0.1) is 0 Å². The molecule has 7 heteroatoms. The molecule has 2 rings (SSSR count). The van der Waals surface area contributed by atoms with Crippen LogP contribution in [-0.4, -0.2) is 36.7 Å². The van der Waals surface area contributed by atoms with E-state index in [1.807, 2.05) is 31.2 Å². The zero-order chi connectivity index (χ0) is 18.2. The van der Waals surface area contributed by atoms with Gasteiger partial charge in [-0.1, -0.05) is 25.1 Å². The zero-order valence-corrected chi connectivity index (χ0v) is 15.6. The minimum Gasteiger partial charge on any atom is -0.494 e. The third-order valence-electron chi connectivity index (χ3n) is 3.68. The third kappa shape index (κ3) is 4.92. The number of esters is 1. The number of ether oxygens (including phenoxy) is 2. The molecule has 0 aromatic heterocycles. The Kier molecular flexibility index (Phi) is 7.18. The van der Waals surface area contributed by atoms with Crippen LogP contribution < -0.4 is 15.4 Å². The van der Waals surface area contributed by atoms with E-state index < -0.39 is 12.0 Å². The van der Waals surface area contributed by atoms with Crippen molar-refractivity contribution in [3.05, 3.63) is 41.1 Å². The maximum absolute atomic E-state index is 12.6. The maximum Gasteiger partial charge on any atom is 0.338 e. The quantitative estimate of drug-likeness (QED) is 0.548. The first-order chi connectivity index (χ1) is 12.1. The third-order valence-corrected chi connectivity index (χ3v) is 4.55. The summed E-state index contributed by atoms with van der Waals surface area (Å²) < 4.78 is 11.0. The average Bonchev–Trinajstić information content (AvgIpc) is 2.58. The summed E-state index contributed by atoms with van der Waals surface area (Å²) in [5.41, 5.74) is 1.62. The fourth-order valence-electron chi connectivity index (χ4n) is 2.62. The van der Waals surface area contributed by atoms with Gasteiger partial charge in [-0.2, -0.15) is 11.8 Å². The summed E-state index contributed by atoms with van der Waals surface area (Å²) >= 11 is 1.71. The smallest absolute Gasteiger partial charge is 0.338 e. The van der Waals surface area contributed by atoms with Crippen LogP contribution in [0.3, 0.4) is 0 Å². The molecule has 2 amide bonds. The minimum atomic E-state index is -0.608. The molecule has 0 bridgehead atoms. The monoisotopic (exact) mass is 364 g/mol. The van der Waals surface area contributed by atoms with E-state index in [0.29, 0.717) is 30.2 Å². The minimum absolute atomic E-state index is 0.335. The molecular weight excluding hydrogens is 340 g/mol. The van der Waals surface area contributed by atoms with Gasteiger partial charge in [0.05, 0.1) is 18.2 Å². The highest BCUT2D eigenvalue weighted by molar-refractivity contribution is 7.99. The summed E-state index contributed by atoms with van der Waals surface area (Å²) in [4.78, 5) is 24.6. The van der Waals surface area contributed by atoms with E-state index in [1.54, 1.807) is 18.7 Å². The van der Waals surface area contributed by atoms with Gasteiger partial charge in [-0.05, 0) is 25.7 Å². The number of para-hydroxylation sites is 1. The highest BCUT2D eigenvalue weighted by Gasteiger charge is 2.33. The van der Waals surface area contributed by atoms with Crippen LogP contribution in [0.4, 0.5) is 4.79 Å². The van der Waals surface area contributed by atoms with Crippen molar-refractivity contribution in [2.45, 2.75) is 26.8 Å². The van der Waals surface area contributed by atoms with E-state index >= 15 is 0 Å². The predicted octanol–water partition coefficient (Wildman–Crippen LogP) is 3.01. The first-order valence-corrected chi connectivity index (χ1v) is 9.48. The van der Waals surface area contributed by atoms with Gasteiger partial charge in [0, 0.05) is 17.0 Å². The number of carbonyl (C=O) groups excluding carboxylic acids is 2. The lowest BCUT2D eigenvalue weighted by Crippen LogP contribution is -2.45. The van der Waals surface area contributed by atoms with Crippen LogP contribution in [0.5, 0.6) is 5.75 Å². The fraction of sp³-hybridized carbons (Fsp3) is 0.444. The van der Waals surface area contributed by atoms with Gasteiger partial charge in [-0.25, -0.2) is 9.59 Å². The van der Waals surface area contributed by atoms with Crippen molar-refractivity contribution in [3.8, 4) is 5.75 Å². The summed E-state index contributed by atoms with van der Waals surface area (Å²) in [5, 5.41) is 5.45. The van der Waals surface area contributed by atoms with Crippen molar-refractivity contribution in [1.29, 1.82) is 0 Å². The van der Waals surface area contributed by atoms with Gasteiger partial charge < -0.3 is 20.1 Å². The molecule has 2 N–H and O–H groups in total. The Morgan fingerprint density at radius 3 is 2.76 bits per heavy atom. The fourth-order valence-corrected chi connectivity index (χ4v) is 3.11. The molecule has 25 heavy (non-hydrogen) atoms. The molecule has 1 aromatic rings. The molecule has 0 saturated heterocycles. The average molecular weight is 364 g/mol. The molecule has 1 aromatic carbocycles. The lowest BCUT2D eigenvalue weighted by molar-refractivity contribution is -0.138. The highest BCUT2D eigenvalue weighted by atomic mass is 32.2. The Balaban J connectivity index is 2.29. The van der Waals surface area contributed by atoms with Crippen molar-refractivity contribution in [2.24, 2.45) is 0 Å². The highest BCUT2D eigenvalue weighted by Crippen LogP contribution is 2.33. The molecule has 1 atom stereocenters. The number of benzene rings is 1. The second kappa shape index (κ2) is 9.36. The lowest BCUT2D eigenvalue weighted by Gasteiger charge is -2.29. The van der Waals surface area contributed by atoms with Crippen molar-refractivity contribution >= 4 is 23.8 Å². The molecule has 0 aliphatic carbocycles. The molecule has 1 aliphatic heterocycles. The molecule has 0 spiro atoms. The van der Waals surface area contributed by atoms with Gasteiger partial charge in [-0.3, -0.25) is 0 Å². The van der Waals surface area contributed by atoms with Gasteiger partial charge in [-0.15, -0.1) is 0 Å². The van der Waals surface area contributed by atoms with Crippen LogP contribution in [0.25, 0.3) is 0 Å². The van der Waals surface area contributed by atoms with Crippen molar-refractivity contribution in [3.63, 3.8) is 0 Å². The maximum atomic E-state index is 12.6. The number of urea groups is 1. The number of allylic oxidation sites excluding steroid dienone is 1. The van der Waals surface area contributed by atoms with E-state index in [0.717, 1.165) is 17.1 Å². The van der Waals surface area contributed by atoms with E-state index in [1.165, 1.54) is 0 Å². The number of carbonyl (C=O) groups is 2. The second-order valence-corrected chi connectivity index (χ2v) is 6.77. The first kappa shape index (κ1) is 19.2. The van der Waals surface area contributed by atoms with Crippen molar-refractivity contribution < 1.29 is 19.1 Å². The van der Waals surface area contributed by atoms with Crippen LogP contribution in [0.15, 0.2) is 35.5 Å². The predicted molar refractivity (Wildman–Crippen MR) is 98.7 cm³/mol. The molecule has 0 saturated carbocycles. The Labute approximate surface area is 152 Å². The molecule has 0 radical (unpaired) electrons.